The summed E-state index contributed by atoms with van der Waals surface area (Å²) in [5.41, 5.74) is 8.94. The molecule has 0 aliphatic heterocycles. The van der Waals surface area contributed by atoms with Crippen LogP contribution in [0.3, 0.4) is 0 Å². The molecule has 0 radical (unpaired) electrons. The van der Waals surface area contributed by atoms with Crippen LogP contribution in [0, 0.1) is 6.92 Å². The van der Waals surface area contributed by atoms with E-state index < -0.39 is 0 Å². The van der Waals surface area contributed by atoms with Gasteiger partial charge in [0.25, 0.3) is 0 Å². The van der Waals surface area contributed by atoms with Crippen molar-refractivity contribution in [2.45, 2.75) is 38.0 Å². The van der Waals surface area contributed by atoms with Crippen LogP contribution < -0.4 is 5.73 Å². The van der Waals surface area contributed by atoms with Crippen molar-refractivity contribution >= 4 is 15.9 Å². The van der Waals surface area contributed by atoms with Crippen LogP contribution in [0.5, 0.6) is 0 Å². The molecule has 2 heteroatoms. The Kier molecular flexibility index (Phi) is 3.17. The molecule has 2 rings (SSSR count). The lowest BCUT2D eigenvalue weighted by Crippen LogP contribution is -2.36. The summed E-state index contributed by atoms with van der Waals surface area (Å²) in [4.78, 5) is 0. The van der Waals surface area contributed by atoms with Gasteiger partial charge >= 0.3 is 0 Å². The molecule has 15 heavy (non-hydrogen) atoms. The van der Waals surface area contributed by atoms with Crippen LogP contribution in [0.2, 0.25) is 0 Å². The van der Waals surface area contributed by atoms with Crippen LogP contribution in [-0.4, -0.2) is 6.54 Å². The normalized spacial score (nSPS) is 18.6. The van der Waals surface area contributed by atoms with E-state index in [-0.39, 0.29) is 0 Å². The third-order valence-electron chi connectivity index (χ3n) is 3.70. The summed E-state index contributed by atoms with van der Waals surface area (Å²) in [6.07, 6.45) is 5.11. The zero-order valence-electron chi connectivity index (χ0n) is 9.22. The number of halogens is 1. The molecule has 1 aliphatic carbocycles. The van der Waals surface area contributed by atoms with Crippen LogP contribution in [0.15, 0.2) is 22.7 Å². The molecule has 1 saturated carbocycles. The molecular weight excluding hydrogens is 250 g/mol. The van der Waals surface area contributed by atoms with E-state index in [4.69, 9.17) is 5.73 Å². The lowest BCUT2D eigenvalue weighted by Gasteiger charge is -2.42. The molecule has 0 heterocycles. The highest BCUT2D eigenvalue weighted by Crippen LogP contribution is 2.46. The highest BCUT2D eigenvalue weighted by atomic mass is 79.9. The lowest BCUT2D eigenvalue weighted by atomic mass is 9.62. The Balaban J connectivity index is 2.30. The van der Waals surface area contributed by atoms with Gasteiger partial charge < -0.3 is 5.73 Å². The fraction of sp³-hybridized carbons (Fsp3) is 0.538. The molecule has 2 N–H and O–H groups in total. The van der Waals surface area contributed by atoms with E-state index >= 15 is 0 Å². The van der Waals surface area contributed by atoms with Gasteiger partial charge in [-0.15, -0.1) is 0 Å². The molecule has 82 valence electrons. The van der Waals surface area contributed by atoms with E-state index in [1.807, 2.05) is 0 Å². The second kappa shape index (κ2) is 4.26. The SMILES string of the molecule is Cc1cc(C2(CCN)CCC2)ccc1Br. The minimum absolute atomic E-state index is 0.403. The Hall–Kier alpha value is -0.340. The predicted molar refractivity (Wildman–Crippen MR) is 68.1 cm³/mol. The van der Waals surface area contributed by atoms with Crippen LogP contribution in [0.1, 0.15) is 36.8 Å². The average molecular weight is 268 g/mol. The van der Waals surface area contributed by atoms with Crippen LogP contribution in [-0.2, 0) is 5.41 Å². The molecule has 1 aliphatic rings. The topological polar surface area (TPSA) is 26.0 Å². The summed E-state index contributed by atoms with van der Waals surface area (Å²) in [6.45, 7) is 2.96. The summed E-state index contributed by atoms with van der Waals surface area (Å²) in [6, 6.07) is 6.74. The third-order valence-corrected chi connectivity index (χ3v) is 4.59. The summed E-state index contributed by atoms with van der Waals surface area (Å²) in [5, 5.41) is 0. The van der Waals surface area contributed by atoms with Crippen molar-refractivity contribution in [3.63, 3.8) is 0 Å². The molecule has 0 spiro atoms. The van der Waals surface area contributed by atoms with Crippen molar-refractivity contribution < 1.29 is 0 Å². The van der Waals surface area contributed by atoms with Gasteiger partial charge in [0.1, 0.15) is 0 Å². The summed E-state index contributed by atoms with van der Waals surface area (Å²) < 4.78 is 1.20. The van der Waals surface area contributed by atoms with Gasteiger partial charge in [-0.05, 0) is 55.3 Å². The fourth-order valence-electron chi connectivity index (χ4n) is 2.54. The Bertz CT molecular complexity index is 356. The largest absolute Gasteiger partial charge is 0.330 e. The van der Waals surface area contributed by atoms with Crippen molar-refractivity contribution in [1.29, 1.82) is 0 Å². The zero-order valence-corrected chi connectivity index (χ0v) is 10.8. The summed E-state index contributed by atoms with van der Waals surface area (Å²) in [5.74, 6) is 0. The first kappa shape index (κ1) is 11.2. The van der Waals surface area contributed by atoms with Gasteiger partial charge in [0, 0.05) is 4.47 Å². The molecule has 0 saturated heterocycles. The van der Waals surface area contributed by atoms with Crippen molar-refractivity contribution in [3.05, 3.63) is 33.8 Å². The van der Waals surface area contributed by atoms with Crippen molar-refractivity contribution in [3.8, 4) is 0 Å². The quantitative estimate of drug-likeness (QED) is 0.891. The number of hydrogen-bond acceptors (Lipinski definition) is 1. The Morgan fingerprint density at radius 3 is 2.60 bits per heavy atom. The molecule has 0 amide bonds. The Morgan fingerprint density at radius 2 is 2.13 bits per heavy atom. The van der Waals surface area contributed by atoms with Crippen LogP contribution >= 0.6 is 15.9 Å². The molecular formula is C13H18BrN. The monoisotopic (exact) mass is 267 g/mol. The first-order valence-corrected chi connectivity index (χ1v) is 6.44. The van der Waals surface area contributed by atoms with Crippen LogP contribution in [0.25, 0.3) is 0 Å². The number of benzene rings is 1. The first-order valence-electron chi connectivity index (χ1n) is 5.65. The van der Waals surface area contributed by atoms with Gasteiger partial charge in [-0.3, -0.25) is 0 Å². The number of nitrogens with two attached hydrogens (primary N) is 1. The average Bonchev–Trinajstić information content (AvgIpc) is 2.16. The third kappa shape index (κ3) is 1.98. The lowest BCUT2D eigenvalue weighted by molar-refractivity contribution is 0.229. The highest BCUT2D eigenvalue weighted by molar-refractivity contribution is 9.10. The molecule has 0 bridgehead atoms. The van der Waals surface area contributed by atoms with E-state index in [0.717, 1.165) is 13.0 Å². The van der Waals surface area contributed by atoms with E-state index in [1.165, 1.54) is 34.9 Å². The predicted octanol–water partition coefficient (Wildman–Crippen LogP) is 3.53. The molecule has 0 unspecified atom stereocenters. The van der Waals surface area contributed by atoms with E-state index in [2.05, 4.69) is 41.1 Å². The van der Waals surface area contributed by atoms with Gasteiger partial charge in [-0.2, -0.15) is 0 Å². The smallest absolute Gasteiger partial charge is 0.0204 e. The van der Waals surface area contributed by atoms with Crippen molar-refractivity contribution in [1.82, 2.24) is 0 Å². The zero-order chi connectivity index (χ0) is 10.9. The first-order chi connectivity index (χ1) is 7.18. The maximum Gasteiger partial charge on any atom is 0.0204 e. The van der Waals surface area contributed by atoms with Gasteiger partial charge in [0.15, 0.2) is 0 Å². The molecule has 0 atom stereocenters. The second-order valence-corrected chi connectivity index (χ2v) is 5.49. The Morgan fingerprint density at radius 1 is 1.40 bits per heavy atom. The number of rotatable bonds is 3. The number of aryl methyl sites for hydroxylation is 1. The minimum atomic E-state index is 0.403. The number of hydrogen-bond donors (Lipinski definition) is 1. The molecule has 1 nitrogen and oxygen atoms in total. The molecule has 0 aromatic heterocycles. The molecule has 1 fully saturated rings. The standard InChI is InChI=1S/C13H18BrN/c1-10-9-11(3-4-12(10)14)13(7-8-15)5-2-6-13/h3-4,9H,2,5-8,15H2,1H3. The molecule has 1 aromatic carbocycles. The van der Waals surface area contributed by atoms with E-state index in [1.54, 1.807) is 0 Å². The van der Waals surface area contributed by atoms with Gasteiger partial charge in [-0.1, -0.05) is 34.5 Å². The Labute approximate surface area is 100 Å². The minimum Gasteiger partial charge on any atom is -0.330 e. The fourth-order valence-corrected chi connectivity index (χ4v) is 2.78. The highest BCUT2D eigenvalue weighted by Gasteiger charge is 2.37. The van der Waals surface area contributed by atoms with Crippen molar-refractivity contribution in [2.75, 3.05) is 6.54 Å². The van der Waals surface area contributed by atoms with Crippen molar-refractivity contribution in [2.24, 2.45) is 5.73 Å². The summed E-state index contributed by atoms with van der Waals surface area (Å²) in [7, 11) is 0. The van der Waals surface area contributed by atoms with Gasteiger partial charge in [0.05, 0.1) is 0 Å². The maximum atomic E-state index is 5.72. The van der Waals surface area contributed by atoms with Gasteiger partial charge in [0.2, 0.25) is 0 Å². The molecule has 1 aromatic rings. The van der Waals surface area contributed by atoms with E-state index in [0.29, 0.717) is 5.41 Å². The van der Waals surface area contributed by atoms with Gasteiger partial charge in [-0.25, -0.2) is 0 Å². The van der Waals surface area contributed by atoms with E-state index in [9.17, 15) is 0 Å². The maximum absolute atomic E-state index is 5.72. The summed E-state index contributed by atoms with van der Waals surface area (Å²) >= 11 is 3.55. The second-order valence-electron chi connectivity index (χ2n) is 4.64. The van der Waals surface area contributed by atoms with Crippen LogP contribution in [0.4, 0.5) is 0 Å².